The third kappa shape index (κ3) is 4.67. The molecule has 2 atom stereocenters. The number of thiophene rings is 1. The monoisotopic (exact) mass is 427 g/mol. The number of nitrogens with two attached hydrogens (primary N) is 1. The number of nitriles is 1. The Hall–Kier alpha value is -2.66. The third-order valence-corrected chi connectivity index (χ3v) is 5.98. The van der Waals surface area contributed by atoms with Gasteiger partial charge in [-0.15, -0.1) is 23.7 Å². The van der Waals surface area contributed by atoms with Crippen LogP contribution in [-0.2, 0) is 11.2 Å². The summed E-state index contributed by atoms with van der Waals surface area (Å²) in [5, 5.41) is 15.9. The molecule has 1 aromatic carbocycles. The molecule has 0 aliphatic carbocycles. The Morgan fingerprint density at radius 2 is 2.21 bits per heavy atom. The first kappa shape index (κ1) is 21.1. The van der Waals surface area contributed by atoms with Gasteiger partial charge in [0, 0.05) is 35.8 Å². The molecule has 0 saturated carbocycles. The molecule has 0 unspecified atom stereocenters. The molecule has 1 aliphatic rings. The van der Waals surface area contributed by atoms with Gasteiger partial charge in [0.1, 0.15) is 11.9 Å². The van der Waals surface area contributed by atoms with Crippen LogP contribution in [0.2, 0.25) is 0 Å². The van der Waals surface area contributed by atoms with Crippen molar-refractivity contribution < 1.29 is 4.79 Å². The molecule has 150 valence electrons. The highest BCUT2D eigenvalue weighted by Gasteiger charge is 2.29. The minimum absolute atomic E-state index is 0. The van der Waals surface area contributed by atoms with E-state index in [4.69, 9.17) is 10.7 Å². The van der Waals surface area contributed by atoms with Crippen molar-refractivity contribution in [3.8, 4) is 6.07 Å². The number of carbonyl (C=O) groups excluding carboxylic acids is 1. The molecule has 1 saturated heterocycles. The van der Waals surface area contributed by atoms with Crippen LogP contribution >= 0.6 is 23.7 Å². The van der Waals surface area contributed by atoms with E-state index in [0.29, 0.717) is 24.3 Å². The number of carbonyl (C=O) groups is 1. The highest BCUT2D eigenvalue weighted by atomic mass is 35.5. The number of aromatic nitrogens is 1. The zero-order valence-corrected chi connectivity index (χ0v) is 17.4. The Bertz CT molecular complexity index is 1030. The highest BCUT2D eigenvalue weighted by molar-refractivity contribution is 7.09. The second-order valence-electron chi connectivity index (χ2n) is 7.00. The van der Waals surface area contributed by atoms with Crippen LogP contribution in [0.15, 0.2) is 47.8 Å². The number of halogens is 1. The number of fused-ring (bicyclic) bond motifs is 1. The second kappa shape index (κ2) is 9.23. The number of amides is 1. The highest BCUT2D eigenvalue weighted by Crippen LogP contribution is 2.26. The maximum absolute atomic E-state index is 11.9. The summed E-state index contributed by atoms with van der Waals surface area (Å²) in [7, 11) is 0. The van der Waals surface area contributed by atoms with Gasteiger partial charge in [-0.25, -0.2) is 4.98 Å². The van der Waals surface area contributed by atoms with Gasteiger partial charge in [-0.05, 0) is 30.0 Å². The molecule has 3 heterocycles. The van der Waals surface area contributed by atoms with Crippen LogP contribution in [0.1, 0.15) is 16.9 Å². The van der Waals surface area contributed by atoms with Crippen LogP contribution in [0.4, 0.5) is 5.82 Å². The first-order valence-corrected chi connectivity index (χ1v) is 10.1. The molecule has 29 heavy (non-hydrogen) atoms. The summed E-state index contributed by atoms with van der Waals surface area (Å²) in [5.74, 6) is 0.368. The van der Waals surface area contributed by atoms with Crippen LogP contribution in [-0.4, -0.2) is 36.1 Å². The van der Waals surface area contributed by atoms with Crippen molar-refractivity contribution in [3.63, 3.8) is 0 Å². The van der Waals surface area contributed by atoms with Crippen molar-refractivity contribution in [2.45, 2.75) is 24.9 Å². The molecule has 1 fully saturated rings. The van der Waals surface area contributed by atoms with E-state index in [1.54, 1.807) is 11.3 Å². The van der Waals surface area contributed by atoms with Crippen molar-refractivity contribution in [1.82, 2.24) is 10.3 Å². The van der Waals surface area contributed by atoms with Crippen molar-refractivity contribution in [1.29, 1.82) is 5.26 Å². The SMILES string of the molecule is Cl.N#Cc1cc2ccccc2nc1N1CC[C@H](N[C@@H](Cc2cccs2)C(N)=O)C1. The molecular weight excluding hydrogens is 406 g/mol. The third-order valence-electron chi connectivity index (χ3n) is 5.08. The summed E-state index contributed by atoms with van der Waals surface area (Å²) < 4.78 is 0. The summed E-state index contributed by atoms with van der Waals surface area (Å²) in [6.45, 7) is 1.47. The number of anilines is 1. The molecule has 8 heteroatoms. The van der Waals surface area contributed by atoms with Gasteiger partial charge in [0.2, 0.25) is 5.91 Å². The fraction of sp³-hybridized carbons (Fsp3) is 0.286. The van der Waals surface area contributed by atoms with Crippen LogP contribution in [0.5, 0.6) is 0 Å². The van der Waals surface area contributed by atoms with Gasteiger partial charge in [0.05, 0.1) is 17.1 Å². The first-order valence-electron chi connectivity index (χ1n) is 9.26. The van der Waals surface area contributed by atoms with Crippen molar-refractivity contribution in [2.75, 3.05) is 18.0 Å². The van der Waals surface area contributed by atoms with E-state index in [-0.39, 0.29) is 24.4 Å². The summed E-state index contributed by atoms with van der Waals surface area (Å²) in [4.78, 5) is 19.9. The second-order valence-corrected chi connectivity index (χ2v) is 8.03. The minimum Gasteiger partial charge on any atom is -0.368 e. The fourth-order valence-electron chi connectivity index (χ4n) is 3.67. The van der Waals surface area contributed by atoms with Crippen molar-refractivity contribution in [3.05, 3.63) is 58.3 Å². The smallest absolute Gasteiger partial charge is 0.234 e. The lowest BCUT2D eigenvalue weighted by atomic mass is 10.1. The Kier molecular flexibility index (Phi) is 6.70. The predicted molar refractivity (Wildman–Crippen MR) is 118 cm³/mol. The molecule has 4 rings (SSSR count). The van der Waals surface area contributed by atoms with E-state index in [0.717, 1.165) is 28.7 Å². The molecule has 0 bridgehead atoms. The lowest BCUT2D eigenvalue weighted by Crippen LogP contribution is -2.48. The van der Waals surface area contributed by atoms with Crippen molar-refractivity contribution in [2.24, 2.45) is 5.73 Å². The normalized spacial score (nSPS) is 16.9. The zero-order valence-electron chi connectivity index (χ0n) is 15.7. The minimum atomic E-state index is -0.399. The molecule has 2 aromatic heterocycles. The fourth-order valence-corrected chi connectivity index (χ4v) is 4.43. The zero-order chi connectivity index (χ0) is 19.5. The summed E-state index contributed by atoms with van der Waals surface area (Å²) >= 11 is 1.63. The molecule has 0 radical (unpaired) electrons. The Morgan fingerprint density at radius 3 is 2.93 bits per heavy atom. The number of pyridine rings is 1. The van der Waals surface area contributed by atoms with Crippen LogP contribution in [0.25, 0.3) is 10.9 Å². The van der Waals surface area contributed by atoms with Crippen LogP contribution in [0, 0.1) is 11.3 Å². The van der Waals surface area contributed by atoms with Gasteiger partial charge in [-0.1, -0.05) is 24.3 Å². The predicted octanol–water partition coefficient (Wildman–Crippen LogP) is 2.85. The first-order chi connectivity index (χ1) is 13.6. The van der Waals surface area contributed by atoms with E-state index in [9.17, 15) is 10.1 Å². The number of hydrogen-bond acceptors (Lipinski definition) is 6. The number of nitrogens with one attached hydrogen (secondary N) is 1. The van der Waals surface area contributed by atoms with Gasteiger partial charge >= 0.3 is 0 Å². The van der Waals surface area contributed by atoms with Gasteiger partial charge < -0.3 is 16.0 Å². The summed E-state index contributed by atoms with van der Waals surface area (Å²) in [5.41, 5.74) is 7.07. The number of rotatable bonds is 6. The van der Waals surface area contributed by atoms with Gasteiger partial charge in [-0.3, -0.25) is 4.79 Å². The van der Waals surface area contributed by atoms with Gasteiger partial charge in [-0.2, -0.15) is 5.26 Å². The molecule has 1 amide bonds. The maximum Gasteiger partial charge on any atom is 0.234 e. The lowest BCUT2D eigenvalue weighted by Gasteiger charge is -2.22. The van der Waals surface area contributed by atoms with E-state index in [1.807, 2.05) is 47.8 Å². The number of benzene rings is 1. The standard InChI is InChI=1S/C21H21N5OS.ClH/c22-12-15-10-14-4-1-2-6-18(14)25-21(15)26-8-7-16(13-26)24-19(20(23)27)11-17-5-3-9-28-17;/h1-6,9-10,16,19,24H,7-8,11,13H2,(H2,23,27);1H/t16-,19-;/m0./s1. The van der Waals surface area contributed by atoms with Crippen LogP contribution < -0.4 is 16.0 Å². The summed E-state index contributed by atoms with van der Waals surface area (Å²) in [6.07, 6.45) is 1.47. The van der Waals surface area contributed by atoms with Gasteiger partial charge in [0.25, 0.3) is 0 Å². The Morgan fingerprint density at radius 1 is 1.38 bits per heavy atom. The van der Waals surface area contributed by atoms with Crippen LogP contribution in [0.3, 0.4) is 0 Å². The van der Waals surface area contributed by atoms with E-state index >= 15 is 0 Å². The summed E-state index contributed by atoms with van der Waals surface area (Å²) in [6, 6.07) is 15.7. The largest absolute Gasteiger partial charge is 0.368 e. The van der Waals surface area contributed by atoms with E-state index in [1.165, 1.54) is 0 Å². The quantitative estimate of drug-likeness (QED) is 0.630. The van der Waals surface area contributed by atoms with E-state index in [2.05, 4.69) is 16.3 Å². The number of primary amides is 1. The lowest BCUT2D eigenvalue weighted by molar-refractivity contribution is -0.120. The number of para-hydroxylation sites is 1. The number of hydrogen-bond donors (Lipinski definition) is 2. The molecule has 0 spiro atoms. The molecular formula is C21H22ClN5OS. The molecule has 1 aliphatic heterocycles. The number of nitrogens with zero attached hydrogens (tertiary/aromatic N) is 3. The Balaban J connectivity index is 0.00000240. The van der Waals surface area contributed by atoms with E-state index < -0.39 is 6.04 Å². The topological polar surface area (TPSA) is 95.0 Å². The van der Waals surface area contributed by atoms with Crippen molar-refractivity contribution >= 4 is 46.4 Å². The Labute approximate surface area is 179 Å². The molecule has 6 nitrogen and oxygen atoms in total. The molecule has 3 N–H and O–H groups in total. The average Bonchev–Trinajstić information content (AvgIpc) is 3.38. The average molecular weight is 428 g/mol. The maximum atomic E-state index is 11.9. The van der Waals surface area contributed by atoms with Gasteiger partial charge in [0.15, 0.2) is 0 Å². The molecule has 3 aromatic rings.